The number of benzene rings is 1. The third kappa shape index (κ3) is 2.48. The standard InChI is InChI=1S/C14H11N3O4/c18-13(12-9-3-1-2-4-10(9)16-17-12)15-7-8-5-6-11(21-8)14(19)20/h1-6H,7H2,(H,15,18)(H,16,17)(H,19,20). The van der Waals surface area contributed by atoms with E-state index in [1.165, 1.54) is 12.1 Å². The van der Waals surface area contributed by atoms with Gasteiger partial charge in [0.2, 0.25) is 5.76 Å². The van der Waals surface area contributed by atoms with Crippen molar-refractivity contribution in [2.24, 2.45) is 0 Å². The molecule has 3 aromatic rings. The monoisotopic (exact) mass is 285 g/mol. The van der Waals surface area contributed by atoms with Crippen molar-refractivity contribution in [2.45, 2.75) is 6.54 Å². The summed E-state index contributed by atoms with van der Waals surface area (Å²) in [5.74, 6) is -1.31. The lowest BCUT2D eigenvalue weighted by Gasteiger charge is -2.00. The Bertz CT molecular complexity index is 818. The van der Waals surface area contributed by atoms with E-state index in [0.29, 0.717) is 5.76 Å². The molecule has 3 rings (SSSR count). The number of fused-ring (bicyclic) bond motifs is 1. The second kappa shape index (κ2) is 5.12. The Balaban J connectivity index is 1.72. The van der Waals surface area contributed by atoms with Gasteiger partial charge in [-0.3, -0.25) is 9.89 Å². The van der Waals surface area contributed by atoms with Gasteiger partial charge in [0.25, 0.3) is 5.91 Å². The molecule has 3 N–H and O–H groups in total. The molecule has 0 saturated carbocycles. The second-order valence-electron chi connectivity index (χ2n) is 4.37. The minimum Gasteiger partial charge on any atom is -0.475 e. The van der Waals surface area contributed by atoms with Crippen LogP contribution in [0.2, 0.25) is 0 Å². The Hall–Kier alpha value is -3.09. The Morgan fingerprint density at radius 3 is 2.81 bits per heavy atom. The van der Waals surface area contributed by atoms with Crippen LogP contribution in [0, 0.1) is 0 Å². The van der Waals surface area contributed by atoms with Gasteiger partial charge in [-0.1, -0.05) is 18.2 Å². The summed E-state index contributed by atoms with van der Waals surface area (Å²) in [5, 5.41) is 18.9. The zero-order valence-electron chi connectivity index (χ0n) is 10.8. The number of H-pyrrole nitrogens is 1. The van der Waals surface area contributed by atoms with Crippen LogP contribution in [-0.4, -0.2) is 27.2 Å². The number of nitrogens with one attached hydrogen (secondary N) is 2. The number of aromatic nitrogens is 2. The fourth-order valence-corrected chi connectivity index (χ4v) is 1.98. The molecule has 0 saturated heterocycles. The maximum absolute atomic E-state index is 12.1. The Morgan fingerprint density at radius 2 is 2.05 bits per heavy atom. The van der Waals surface area contributed by atoms with Crippen molar-refractivity contribution in [2.75, 3.05) is 0 Å². The molecule has 1 amide bonds. The molecular weight excluding hydrogens is 274 g/mol. The molecule has 0 aliphatic rings. The summed E-state index contributed by atoms with van der Waals surface area (Å²) in [6.45, 7) is 0.0906. The number of nitrogens with zero attached hydrogens (tertiary/aromatic N) is 1. The first-order valence-corrected chi connectivity index (χ1v) is 6.18. The van der Waals surface area contributed by atoms with Crippen LogP contribution in [0.25, 0.3) is 10.9 Å². The van der Waals surface area contributed by atoms with Crippen molar-refractivity contribution in [3.63, 3.8) is 0 Å². The zero-order chi connectivity index (χ0) is 14.8. The summed E-state index contributed by atoms with van der Waals surface area (Å²) in [5.41, 5.74) is 1.06. The van der Waals surface area contributed by atoms with Crippen LogP contribution in [0.3, 0.4) is 0 Å². The summed E-state index contributed by atoms with van der Waals surface area (Å²) < 4.78 is 5.06. The van der Waals surface area contributed by atoms with Gasteiger partial charge in [0.05, 0.1) is 12.1 Å². The van der Waals surface area contributed by atoms with E-state index in [-0.39, 0.29) is 23.9 Å². The van der Waals surface area contributed by atoms with Crippen LogP contribution in [0.15, 0.2) is 40.8 Å². The van der Waals surface area contributed by atoms with E-state index < -0.39 is 5.97 Å². The number of hydrogen-bond donors (Lipinski definition) is 3. The molecule has 2 aromatic heterocycles. The number of carbonyl (C=O) groups is 2. The molecule has 0 bridgehead atoms. The fraction of sp³-hybridized carbons (Fsp3) is 0.0714. The maximum Gasteiger partial charge on any atom is 0.371 e. The van der Waals surface area contributed by atoms with E-state index in [0.717, 1.165) is 10.9 Å². The SMILES string of the molecule is O=C(O)c1ccc(CNC(=O)c2n[nH]c3ccccc23)o1. The Labute approximate surface area is 118 Å². The lowest BCUT2D eigenvalue weighted by atomic mass is 10.2. The summed E-state index contributed by atoms with van der Waals surface area (Å²) >= 11 is 0. The first-order chi connectivity index (χ1) is 10.1. The minimum absolute atomic E-state index is 0.0906. The first-order valence-electron chi connectivity index (χ1n) is 6.18. The lowest BCUT2D eigenvalue weighted by Crippen LogP contribution is -2.23. The molecule has 0 radical (unpaired) electrons. The summed E-state index contributed by atoms with van der Waals surface area (Å²) in [7, 11) is 0. The van der Waals surface area contributed by atoms with Gasteiger partial charge in [0.15, 0.2) is 5.69 Å². The van der Waals surface area contributed by atoms with Gasteiger partial charge in [-0.25, -0.2) is 4.79 Å². The highest BCUT2D eigenvalue weighted by Crippen LogP contribution is 2.15. The predicted octanol–water partition coefficient (Wildman–Crippen LogP) is 1.78. The van der Waals surface area contributed by atoms with E-state index in [1.807, 2.05) is 18.2 Å². The highest BCUT2D eigenvalue weighted by Gasteiger charge is 2.14. The van der Waals surface area contributed by atoms with Crippen molar-refractivity contribution in [3.8, 4) is 0 Å². The number of carbonyl (C=O) groups excluding carboxylic acids is 1. The van der Waals surface area contributed by atoms with Gasteiger partial charge in [0.1, 0.15) is 5.76 Å². The average Bonchev–Trinajstić information content (AvgIpc) is 3.11. The fourth-order valence-electron chi connectivity index (χ4n) is 1.98. The van der Waals surface area contributed by atoms with Crippen molar-refractivity contribution >= 4 is 22.8 Å². The molecular formula is C14H11N3O4. The maximum atomic E-state index is 12.1. The van der Waals surface area contributed by atoms with Crippen molar-refractivity contribution in [1.82, 2.24) is 15.5 Å². The van der Waals surface area contributed by atoms with Gasteiger partial charge in [-0.05, 0) is 18.2 Å². The Kier molecular flexibility index (Phi) is 3.15. The van der Waals surface area contributed by atoms with Gasteiger partial charge >= 0.3 is 5.97 Å². The van der Waals surface area contributed by atoms with Crippen LogP contribution < -0.4 is 5.32 Å². The molecule has 1 aromatic carbocycles. The van der Waals surface area contributed by atoms with Crippen LogP contribution >= 0.6 is 0 Å². The van der Waals surface area contributed by atoms with Gasteiger partial charge < -0.3 is 14.8 Å². The van der Waals surface area contributed by atoms with Gasteiger partial charge in [0, 0.05) is 5.39 Å². The lowest BCUT2D eigenvalue weighted by molar-refractivity contribution is 0.0660. The van der Waals surface area contributed by atoms with Crippen LogP contribution in [0.5, 0.6) is 0 Å². The molecule has 0 fully saturated rings. The highest BCUT2D eigenvalue weighted by molar-refractivity contribution is 6.04. The Morgan fingerprint density at radius 1 is 1.24 bits per heavy atom. The molecule has 0 aliphatic carbocycles. The number of amides is 1. The number of furan rings is 1. The number of hydrogen-bond acceptors (Lipinski definition) is 4. The summed E-state index contributed by atoms with van der Waals surface area (Å²) in [4.78, 5) is 22.8. The van der Waals surface area contributed by atoms with E-state index >= 15 is 0 Å². The van der Waals surface area contributed by atoms with E-state index in [9.17, 15) is 9.59 Å². The van der Waals surface area contributed by atoms with Crippen molar-refractivity contribution < 1.29 is 19.1 Å². The molecule has 0 atom stereocenters. The topological polar surface area (TPSA) is 108 Å². The normalized spacial score (nSPS) is 10.7. The smallest absolute Gasteiger partial charge is 0.371 e. The molecule has 0 aliphatic heterocycles. The minimum atomic E-state index is -1.15. The number of carboxylic acid groups (broad SMARTS) is 1. The van der Waals surface area contributed by atoms with Gasteiger partial charge in [-0.15, -0.1) is 0 Å². The third-order valence-corrected chi connectivity index (χ3v) is 2.98. The molecule has 106 valence electrons. The molecule has 7 nitrogen and oxygen atoms in total. The predicted molar refractivity (Wildman–Crippen MR) is 72.9 cm³/mol. The van der Waals surface area contributed by atoms with E-state index in [1.54, 1.807) is 6.07 Å². The quantitative estimate of drug-likeness (QED) is 0.677. The number of rotatable bonds is 4. The first kappa shape index (κ1) is 12.9. The summed E-state index contributed by atoms with van der Waals surface area (Å²) in [6, 6.07) is 10.1. The van der Waals surface area contributed by atoms with E-state index in [2.05, 4.69) is 15.5 Å². The summed E-state index contributed by atoms with van der Waals surface area (Å²) in [6.07, 6.45) is 0. The van der Waals surface area contributed by atoms with Crippen LogP contribution in [0.1, 0.15) is 26.8 Å². The van der Waals surface area contributed by atoms with Crippen molar-refractivity contribution in [1.29, 1.82) is 0 Å². The zero-order valence-corrected chi connectivity index (χ0v) is 10.8. The number of para-hydroxylation sites is 1. The number of carboxylic acids is 1. The van der Waals surface area contributed by atoms with Gasteiger partial charge in [-0.2, -0.15) is 5.10 Å². The van der Waals surface area contributed by atoms with Crippen molar-refractivity contribution in [3.05, 3.63) is 53.6 Å². The average molecular weight is 285 g/mol. The molecule has 7 heteroatoms. The van der Waals surface area contributed by atoms with Crippen LogP contribution in [-0.2, 0) is 6.54 Å². The van der Waals surface area contributed by atoms with E-state index in [4.69, 9.17) is 9.52 Å². The molecule has 21 heavy (non-hydrogen) atoms. The molecule has 0 unspecified atom stereocenters. The number of aromatic amines is 1. The molecule has 0 spiro atoms. The number of aromatic carboxylic acids is 1. The highest BCUT2D eigenvalue weighted by atomic mass is 16.4. The largest absolute Gasteiger partial charge is 0.475 e. The molecule has 2 heterocycles. The third-order valence-electron chi connectivity index (χ3n) is 2.98. The van der Waals surface area contributed by atoms with Crippen LogP contribution in [0.4, 0.5) is 0 Å². The second-order valence-corrected chi connectivity index (χ2v) is 4.37.